The molecule has 1 aliphatic rings. The number of nitrogens with zero attached hydrogens (tertiary/aromatic N) is 1. The highest BCUT2D eigenvalue weighted by Gasteiger charge is 2.26. The van der Waals surface area contributed by atoms with Gasteiger partial charge in [-0.1, -0.05) is 0 Å². The Kier molecular flexibility index (Phi) is 2.33. The molecule has 3 nitrogen and oxygen atoms in total. The Morgan fingerprint density at radius 1 is 1.11 bits per heavy atom. The largest absolute Gasteiger partial charge is 0.295 e. The smallest absolute Gasteiger partial charge is 0.271 e. The van der Waals surface area contributed by atoms with Gasteiger partial charge in [-0.2, -0.15) is 0 Å². The summed E-state index contributed by atoms with van der Waals surface area (Å²) in [6, 6.07) is 2.97. The van der Waals surface area contributed by atoms with Crippen molar-refractivity contribution in [2.75, 3.05) is 0 Å². The van der Waals surface area contributed by atoms with E-state index in [0.29, 0.717) is 5.92 Å². The molecule has 2 aromatic rings. The van der Waals surface area contributed by atoms with E-state index < -0.39 is 23.0 Å². The van der Waals surface area contributed by atoms with Crippen LogP contribution in [0.2, 0.25) is 0 Å². The Morgan fingerprint density at radius 3 is 2.28 bits per heavy atom. The van der Waals surface area contributed by atoms with Gasteiger partial charge in [0.2, 0.25) is 0 Å². The van der Waals surface area contributed by atoms with Crippen LogP contribution >= 0.6 is 0 Å². The molecule has 0 aliphatic heterocycles. The van der Waals surface area contributed by atoms with Crippen LogP contribution in [0.3, 0.4) is 0 Å². The van der Waals surface area contributed by atoms with Crippen molar-refractivity contribution in [2.24, 2.45) is 0 Å². The van der Waals surface area contributed by atoms with Crippen molar-refractivity contribution < 1.29 is 13.2 Å². The highest BCUT2D eigenvalue weighted by molar-refractivity contribution is 5.33. The fourth-order valence-electron chi connectivity index (χ4n) is 1.88. The molecule has 0 unspecified atom stereocenters. The fraction of sp³-hybridized carbons (Fsp3) is 0.250. The van der Waals surface area contributed by atoms with Crippen LogP contribution < -0.4 is 5.56 Å². The number of hydrogen-bond acceptors (Lipinski definition) is 1. The zero-order valence-electron chi connectivity index (χ0n) is 9.21. The summed E-state index contributed by atoms with van der Waals surface area (Å²) in [5, 5.41) is 2.78. The van der Waals surface area contributed by atoms with E-state index >= 15 is 0 Å². The molecule has 6 heteroatoms. The first-order valence-electron chi connectivity index (χ1n) is 5.53. The average molecular weight is 254 g/mol. The second kappa shape index (κ2) is 3.76. The topological polar surface area (TPSA) is 37.8 Å². The van der Waals surface area contributed by atoms with Crippen molar-refractivity contribution in [3.63, 3.8) is 0 Å². The van der Waals surface area contributed by atoms with Crippen LogP contribution in [0.4, 0.5) is 13.2 Å². The Balaban J connectivity index is 2.11. The molecule has 1 aromatic carbocycles. The zero-order chi connectivity index (χ0) is 12.9. The minimum atomic E-state index is -1.54. The summed E-state index contributed by atoms with van der Waals surface area (Å²) < 4.78 is 40.0. The number of nitrogens with one attached hydrogen (secondary N) is 1. The quantitative estimate of drug-likeness (QED) is 0.821. The van der Waals surface area contributed by atoms with Gasteiger partial charge in [0.25, 0.3) is 5.56 Å². The lowest BCUT2D eigenvalue weighted by molar-refractivity contribution is 0.445. The maximum Gasteiger partial charge on any atom is 0.271 e. The Hall–Kier alpha value is -1.98. The van der Waals surface area contributed by atoms with Crippen LogP contribution in [0.15, 0.2) is 23.0 Å². The average Bonchev–Trinajstić information content (AvgIpc) is 3.09. The van der Waals surface area contributed by atoms with Crippen LogP contribution in [-0.4, -0.2) is 9.78 Å². The van der Waals surface area contributed by atoms with Crippen molar-refractivity contribution >= 4 is 0 Å². The van der Waals surface area contributed by atoms with Gasteiger partial charge in [-0.15, -0.1) is 0 Å². The predicted molar refractivity (Wildman–Crippen MR) is 58.2 cm³/mol. The van der Waals surface area contributed by atoms with E-state index in [1.807, 2.05) is 0 Å². The van der Waals surface area contributed by atoms with Gasteiger partial charge in [0, 0.05) is 29.8 Å². The minimum absolute atomic E-state index is 0.0525. The van der Waals surface area contributed by atoms with Crippen molar-refractivity contribution in [1.82, 2.24) is 9.78 Å². The zero-order valence-corrected chi connectivity index (χ0v) is 9.21. The molecule has 1 N–H and O–H groups in total. The summed E-state index contributed by atoms with van der Waals surface area (Å²) in [5.41, 5.74) is 0.274. The summed E-state index contributed by atoms with van der Waals surface area (Å²) in [6.45, 7) is 0. The molecule has 1 fully saturated rings. The number of hydrogen-bond donors (Lipinski definition) is 1. The van der Waals surface area contributed by atoms with Crippen LogP contribution in [0.1, 0.15) is 24.5 Å². The van der Waals surface area contributed by atoms with E-state index in [-0.39, 0.29) is 5.69 Å². The molecule has 3 rings (SSSR count). The van der Waals surface area contributed by atoms with E-state index in [1.165, 1.54) is 6.07 Å². The van der Waals surface area contributed by atoms with Crippen molar-refractivity contribution in [2.45, 2.75) is 18.8 Å². The molecule has 94 valence electrons. The highest BCUT2D eigenvalue weighted by atomic mass is 19.2. The molecule has 0 saturated heterocycles. The monoisotopic (exact) mass is 254 g/mol. The lowest BCUT2D eigenvalue weighted by Crippen LogP contribution is -2.14. The third-order valence-corrected chi connectivity index (χ3v) is 2.98. The molecule has 0 bridgehead atoms. The van der Waals surface area contributed by atoms with E-state index in [0.717, 1.165) is 35.4 Å². The maximum absolute atomic E-state index is 13.1. The van der Waals surface area contributed by atoms with E-state index in [9.17, 15) is 18.0 Å². The van der Waals surface area contributed by atoms with Crippen molar-refractivity contribution in [3.8, 4) is 5.69 Å². The van der Waals surface area contributed by atoms with Crippen molar-refractivity contribution in [1.29, 1.82) is 0 Å². The number of halogens is 3. The molecule has 1 saturated carbocycles. The normalized spacial score (nSPS) is 15.1. The standard InChI is InChI=1S/C12H9F3N2O/c13-8-3-7(4-9(14)12(8)15)17-11(18)5-10(16-17)6-1-2-6/h3-6,16H,1-2H2. The summed E-state index contributed by atoms with van der Waals surface area (Å²) in [5.74, 6) is -3.87. The van der Waals surface area contributed by atoms with Gasteiger partial charge in [0.1, 0.15) is 0 Å². The van der Waals surface area contributed by atoms with E-state index in [2.05, 4.69) is 5.10 Å². The first kappa shape index (κ1) is 11.1. The Labute approximate surface area is 99.8 Å². The third kappa shape index (κ3) is 1.73. The van der Waals surface area contributed by atoms with Gasteiger partial charge in [-0.3, -0.25) is 9.89 Å². The van der Waals surface area contributed by atoms with Crippen LogP contribution in [0.5, 0.6) is 0 Å². The van der Waals surface area contributed by atoms with Crippen LogP contribution in [-0.2, 0) is 0 Å². The molecule has 1 aromatic heterocycles. The van der Waals surface area contributed by atoms with E-state index in [4.69, 9.17) is 0 Å². The third-order valence-electron chi connectivity index (χ3n) is 2.98. The van der Waals surface area contributed by atoms with Gasteiger partial charge >= 0.3 is 0 Å². The number of aromatic amines is 1. The first-order chi connectivity index (χ1) is 8.56. The highest BCUT2D eigenvalue weighted by Crippen LogP contribution is 2.38. The summed E-state index contributed by atoms with van der Waals surface area (Å²) in [6.07, 6.45) is 1.98. The molecule has 1 heterocycles. The molecule has 0 radical (unpaired) electrons. The minimum Gasteiger partial charge on any atom is -0.295 e. The van der Waals surface area contributed by atoms with Crippen molar-refractivity contribution in [3.05, 3.63) is 51.7 Å². The molecular weight excluding hydrogens is 245 g/mol. The SMILES string of the molecule is O=c1cc(C2CC2)[nH]n1-c1cc(F)c(F)c(F)c1. The second-order valence-electron chi connectivity index (χ2n) is 4.38. The lowest BCUT2D eigenvalue weighted by Gasteiger charge is -2.03. The molecular formula is C12H9F3N2O. The molecule has 0 spiro atoms. The van der Waals surface area contributed by atoms with E-state index in [1.54, 1.807) is 0 Å². The molecule has 0 amide bonds. The van der Waals surface area contributed by atoms with Gasteiger partial charge in [-0.25, -0.2) is 17.9 Å². The Morgan fingerprint density at radius 2 is 1.72 bits per heavy atom. The van der Waals surface area contributed by atoms with Crippen LogP contribution in [0, 0.1) is 17.5 Å². The van der Waals surface area contributed by atoms with Gasteiger partial charge < -0.3 is 0 Å². The number of aromatic nitrogens is 2. The molecule has 0 atom stereocenters. The molecule has 1 aliphatic carbocycles. The van der Waals surface area contributed by atoms with Gasteiger partial charge in [-0.05, 0) is 12.8 Å². The summed E-state index contributed by atoms with van der Waals surface area (Å²) in [4.78, 5) is 11.7. The van der Waals surface area contributed by atoms with Gasteiger partial charge in [0.05, 0.1) is 5.69 Å². The van der Waals surface area contributed by atoms with Crippen LogP contribution in [0.25, 0.3) is 5.69 Å². The summed E-state index contributed by atoms with van der Waals surface area (Å²) >= 11 is 0. The lowest BCUT2D eigenvalue weighted by atomic mass is 10.3. The maximum atomic E-state index is 13.1. The fourth-order valence-corrected chi connectivity index (χ4v) is 1.88. The Bertz CT molecular complexity index is 647. The van der Waals surface area contributed by atoms with Gasteiger partial charge in [0.15, 0.2) is 17.5 Å². The summed E-state index contributed by atoms with van der Waals surface area (Å²) in [7, 11) is 0. The number of H-pyrrole nitrogens is 1. The number of benzene rings is 1. The molecule has 18 heavy (non-hydrogen) atoms. The second-order valence-corrected chi connectivity index (χ2v) is 4.38. The first-order valence-corrected chi connectivity index (χ1v) is 5.53. The predicted octanol–water partition coefficient (Wildman–Crippen LogP) is 2.46. The number of rotatable bonds is 2.